The fourth-order valence-electron chi connectivity index (χ4n) is 0.376. The lowest BCUT2D eigenvalue weighted by Gasteiger charge is -2.17. The van der Waals surface area contributed by atoms with Crippen LogP contribution in [-0.2, 0) is 9.47 Å². The summed E-state index contributed by atoms with van der Waals surface area (Å²) in [6.45, 7) is 3.72. The standard InChI is InChI=1S/C6H13ClO2.C2H3FO2/c1-6(2,8)9-5-3-4-7;1-5-2(3)4/h8H,3-5H2,1-2H3;1H3. The predicted molar refractivity (Wildman–Crippen MR) is 51.1 cm³/mol. The molecule has 0 amide bonds. The van der Waals surface area contributed by atoms with Crippen LogP contribution in [0.1, 0.15) is 20.3 Å². The molecular weight excluding hydrogens is 215 g/mol. The molecule has 0 aliphatic rings. The monoisotopic (exact) mass is 230 g/mol. The van der Waals surface area contributed by atoms with Crippen LogP contribution in [0.3, 0.4) is 0 Å². The molecule has 0 saturated heterocycles. The highest BCUT2D eigenvalue weighted by molar-refractivity contribution is 6.17. The third-order valence-electron chi connectivity index (χ3n) is 0.894. The summed E-state index contributed by atoms with van der Waals surface area (Å²) >= 11 is 5.37. The van der Waals surface area contributed by atoms with Crippen LogP contribution >= 0.6 is 11.6 Å². The van der Waals surface area contributed by atoms with Gasteiger partial charge in [0.25, 0.3) is 0 Å². The van der Waals surface area contributed by atoms with Crippen molar-refractivity contribution < 1.29 is 23.8 Å². The minimum absolute atomic E-state index is 0.521. The number of methoxy groups -OCH3 is 1. The topological polar surface area (TPSA) is 55.8 Å². The number of ether oxygens (including phenoxy) is 2. The average molecular weight is 231 g/mol. The van der Waals surface area contributed by atoms with Crippen LogP contribution in [-0.4, -0.2) is 36.7 Å². The molecule has 0 aliphatic heterocycles. The van der Waals surface area contributed by atoms with Gasteiger partial charge in [0, 0.05) is 5.88 Å². The first-order valence-electron chi connectivity index (χ1n) is 3.99. The lowest BCUT2D eigenvalue weighted by atomic mass is 10.4. The van der Waals surface area contributed by atoms with Gasteiger partial charge in [-0.2, -0.15) is 0 Å². The van der Waals surface area contributed by atoms with Crippen LogP contribution in [0.2, 0.25) is 0 Å². The van der Waals surface area contributed by atoms with Crippen molar-refractivity contribution in [1.29, 1.82) is 0 Å². The van der Waals surface area contributed by atoms with Gasteiger partial charge in [0.2, 0.25) is 0 Å². The largest absolute Gasteiger partial charge is 0.495 e. The molecule has 14 heavy (non-hydrogen) atoms. The third-order valence-corrected chi connectivity index (χ3v) is 1.16. The zero-order valence-electron chi connectivity index (χ0n) is 8.55. The maximum atomic E-state index is 10.6. The molecular formula is C8H16ClFO4. The number of hydrogen-bond acceptors (Lipinski definition) is 4. The first kappa shape index (κ1) is 16.1. The third kappa shape index (κ3) is 22.6. The number of alkyl halides is 1. The molecule has 6 heteroatoms. The van der Waals surface area contributed by atoms with Gasteiger partial charge < -0.3 is 14.6 Å². The van der Waals surface area contributed by atoms with E-state index in [-0.39, 0.29) is 0 Å². The van der Waals surface area contributed by atoms with Gasteiger partial charge in [-0.25, -0.2) is 4.79 Å². The summed E-state index contributed by atoms with van der Waals surface area (Å²) in [6.07, 6.45) is -0.962. The molecule has 0 aromatic rings. The Morgan fingerprint density at radius 2 is 2.00 bits per heavy atom. The Morgan fingerprint density at radius 1 is 1.57 bits per heavy atom. The number of aliphatic hydroxyl groups is 1. The zero-order chi connectivity index (χ0) is 11.6. The summed E-state index contributed by atoms with van der Waals surface area (Å²) < 4.78 is 19.0. The Kier molecular flexibility index (Phi) is 10.5. The van der Waals surface area contributed by atoms with Crippen molar-refractivity contribution in [2.24, 2.45) is 0 Å². The van der Waals surface area contributed by atoms with Crippen LogP contribution in [0.4, 0.5) is 9.18 Å². The highest BCUT2D eigenvalue weighted by Crippen LogP contribution is 2.03. The van der Waals surface area contributed by atoms with Crippen LogP contribution in [0.5, 0.6) is 0 Å². The summed E-state index contributed by atoms with van der Waals surface area (Å²) in [6, 6.07) is 0. The minimum atomic E-state index is -1.75. The molecule has 0 rings (SSSR count). The smallest absolute Gasteiger partial charge is 0.444 e. The quantitative estimate of drug-likeness (QED) is 0.348. The van der Waals surface area contributed by atoms with Crippen LogP contribution < -0.4 is 0 Å². The molecule has 0 heterocycles. The van der Waals surface area contributed by atoms with Crippen LogP contribution in [0.15, 0.2) is 0 Å². The molecule has 0 atom stereocenters. The summed E-state index contributed by atoms with van der Waals surface area (Å²) in [5.41, 5.74) is 0. The van der Waals surface area contributed by atoms with E-state index >= 15 is 0 Å². The average Bonchev–Trinajstić information content (AvgIpc) is 2.04. The van der Waals surface area contributed by atoms with Gasteiger partial charge in [0.15, 0.2) is 5.79 Å². The molecule has 0 unspecified atom stereocenters. The normalized spacial score (nSPS) is 10.1. The Labute approximate surface area is 88.0 Å². The molecule has 0 aromatic carbocycles. The van der Waals surface area contributed by atoms with E-state index in [0.29, 0.717) is 12.5 Å². The molecule has 0 radical (unpaired) electrons. The highest BCUT2D eigenvalue weighted by atomic mass is 35.5. The molecule has 86 valence electrons. The second kappa shape index (κ2) is 9.18. The summed E-state index contributed by atoms with van der Waals surface area (Å²) in [5, 5.41) is 8.98. The van der Waals surface area contributed by atoms with Crippen molar-refractivity contribution >= 4 is 17.8 Å². The summed E-state index contributed by atoms with van der Waals surface area (Å²) in [7, 11) is 0.975. The highest BCUT2D eigenvalue weighted by Gasteiger charge is 2.10. The molecule has 0 aromatic heterocycles. The summed E-state index contributed by atoms with van der Waals surface area (Å²) in [5.74, 6) is -0.428. The molecule has 0 saturated carbocycles. The molecule has 0 bridgehead atoms. The number of carbonyl (C=O) groups is 1. The van der Waals surface area contributed by atoms with E-state index in [4.69, 9.17) is 26.2 Å². The first-order valence-corrected chi connectivity index (χ1v) is 4.52. The van der Waals surface area contributed by atoms with Gasteiger partial charge in [-0.15, -0.1) is 16.0 Å². The van der Waals surface area contributed by atoms with Gasteiger partial charge >= 0.3 is 6.22 Å². The molecule has 0 spiro atoms. The molecule has 1 N–H and O–H groups in total. The van der Waals surface area contributed by atoms with E-state index in [1.807, 2.05) is 0 Å². The Hall–Kier alpha value is -0.390. The predicted octanol–water partition coefficient (Wildman–Crippen LogP) is 2.08. The Morgan fingerprint density at radius 3 is 2.21 bits per heavy atom. The van der Waals surface area contributed by atoms with Crippen molar-refractivity contribution in [3.63, 3.8) is 0 Å². The maximum Gasteiger partial charge on any atom is 0.495 e. The van der Waals surface area contributed by atoms with Crippen molar-refractivity contribution in [3.05, 3.63) is 0 Å². The van der Waals surface area contributed by atoms with Gasteiger partial charge in [-0.05, 0) is 20.3 Å². The van der Waals surface area contributed by atoms with Gasteiger partial charge in [-0.1, -0.05) is 0 Å². The second-order valence-electron chi connectivity index (χ2n) is 2.78. The molecule has 0 fully saturated rings. The van der Waals surface area contributed by atoms with E-state index in [9.17, 15) is 4.39 Å². The molecule has 0 aliphatic carbocycles. The van der Waals surface area contributed by atoms with Crippen LogP contribution in [0, 0.1) is 0 Å². The van der Waals surface area contributed by atoms with E-state index in [1.54, 1.807) is 13.8 Å². The van der Waals surface area contributed by atoms with Crippen molar-refractivity contribution in [1.82, 2.24) is 0 Å². The molecule has 4 nitrogen and oxygen atoms in total. The lowest BCUT2D eigenvalue weighted by molar-refractivity contribution is -0.175. The van der Waals surface area contributed by atoms with Crippen molar-refractivity contribution in [2.45, 2.75) is 26.1 Å². The number of carbonyl (C=O) groups excluding carboxylic acids is 1. The maximum absolute atomic E-state index is 10.6. The Bertz CT molecular complexity index is 147. The fourth-order valence-corrected chi connectivity index (χ4v) is 0.486. The van der Waals surface area contributed by atoms with Crippen molar-refractivity contribution in [3.8, 4) is 0 Å². The lowest BCUT2D eigenvalue weighted by Crippen LogP contribution is -2.23. The zero-order valence-corrected chi connectivity index (χ0v) is 9.31. The fraction of sp³-hybridized carbons (Fsp3) is 0.875. The number of halogens is 2. The van der Waals surface area contributed by atoms with E-state index in [1.165, 1.54) is 0 Å². The summed E-state index contributed by atoms with van der Waals surface area (Å²) in [4.78, 5) is 8.92. The van der Waals surface area contributed by atoms with Gasteiger partial charge in [0.1, 0.15) is 0 Å². The van der Waals surface area contributed by atoms with Crippen molar-refractivity contribution in [2.75, 3.05) is 19.6 Å². The van der Waals surface area contributed by atoms with Gasteiger partial charge in [-0.3, -0.25) is 0 Å². The first-order chi connectivity index (χ1) is 6.33. The Balaban J connectivity index is 0. The van der Waals surface area contributed by atoms with E-state index < -0.39 is 12.0 Å². The van der Waals surface area contributed by atoms with E-state index in [2.05, 4.69) is 4.74 Å². The second-order valence-corrected chi connectivity index (χ2v) is 3.16. The number of rotatable bonds is 4. The minimum Gasteiger partial charge on any atom is -0.444 e. The van der Waals surface area contributed by atoms with E-state index in [0.717, 1.165) is 13.5 Å². The van der Waals surface area contributed by atoms with Gasteiger partial charge in [0.05, 0.1) is 13.7 Å². The number of hydrogen-bond donors (Lipinski definition) is 1. The SMILES string of the molecule is CC(C)(O)OCCCCl.COC(=O)F. The van der Waals surface area contributed by atoms with Crippen LogP contribution in [0.25, 0.3) is 0 Å².